The maximum atomic E-state index is 11.1. The topological polar surface area (TPSA) is 69.6 Å². The van der Waals surface area contributed by atoms with Gasteiger partial charge in [0.05, 0.1) is 6.10 Å². The summed E-state index contributed by atoms with van der Waals surface area (Å²) in [4.78, 5) is 11.1. The van der Waals surface area contributed by atoms with Crippen LogP contribution in [0.15, 0.2) is 0 Å². The van der Waals surface area contributed by atoms with Crippen molar-refractivity contribution in [3.63, 3.8) is 0 Å². The molecule has 0 heterocycles. The van der Waals surface area contributed by atoms with Crippen LogP contribution >= 0.6 is 0 Å². The molecule has 0 bridgehead atoms. The summed E-state index contributed by atoms with van der Waals surface area (Å²) >= 11 is 0. The number of nitrogens with one attached hydrogen (secondary N) is 1. The summed E-state index contributed by atoms with van der Waals surface area (Å²) < 4.78 is 0. The van der Waals surface area contributed by atoms with E-state index in [-0.39, 0.29) is 5.91 Å². The van der Waals surface area contributed by atoms with E-state index in [4.69, 9.17) is 10.2 Å². The fourth-order valence-corrected chi connectivity index (χ4v) is 0.893. The molecule has 0 saturated carbocycles. The van der Waals surface area contributed by atoms with E-state index in [1.54, 1.807) is 0 Å². The molecule has 3 N–H and O–H groups in total. The second-order valence-electron chi connectivity index (χ2n) is 3.21. The van der Waals surface area contributed by atoms with Gasteiger partial charge in [-0.3, -0.25) is 4.79 Å². The lowest BCUT2D eigenvalue weighted by molar-refractivity contribution is -0.126. The number of carbonyl (C=O) groups is 1. The van der Waals surface area contributed by atoms with Gasteiger partial charge in [-0.15, -0.1) is 0 Å². The third-order valence-corrected chi connectivity index (χ3v) is 1.77. The Hall–Kier alpha value is -0.610. The summed E-state index contributed by atoms with van der Waals surface area (Å²) in [6.45, 7) is 3.49. The minimum atomic E-state index is -1.14. The molecule has 0 aliphatic heterocycles. The lowest BCUT2D eigenvalue weighted by Crippen LogP contribution is -2.41. The minimum absolute atomic E-state index is 0.207. The van der Waals surface area contributed by atoms with Gasteiger partial charge in [0.25, 0.3) is 0 Å². The molecule has 0 aromatic rings. The molecule has 0 aromatic carbocycles. The Morgan fingerprint density at radius 1 is 1.38 bits per heavy atom. The molecule has 4 heteroatoms. The first-order chi connectivity index (χ1) is 6.07. The number of amides is 1. The maximum Gasteiger partial charge on any atom is 0.222 e. The molecule has 4 nitrogen and oxygen atoms in total. The van der Waals surface area contributed by atoms with Crippen molar-refractivity contribution in [3.8, 4) is 0 Å². The highest BCUT2D eigenvalue weighted by Gasteiger charge is 2.12. The Morgan fingerprint density at radius 3 is 2.46 bits per heavy atom. The van der Waals surface area contributed by atoms with Crippen molar-refractivity contribution in [3.05, 3.63) is 0 Å². The molecule has 0 aromatic heterocycles. The SMILES string of the molecule is CCCCCC(=O)NC(O)C(C)O. The highest BCUT2D eigenvalue weighted by atomic mass is 16.3. The van der Waals surface area contributed by atoms with E-state index in [0.717, 1.165) is 19.3 Å². The predicted octanol–water partition coefficient (Wildman–Crippen LogP) is 0.382. The Morgan fingerprint density at radius 2 is 2.00 bits per heavy atom. The second kappa shape index (κ2) is 6.86. The van der Waals surface area contributed by atoms with Crippen molar-refractivity contribution < 1.29 is 15.0 Å². The van der Waals surface area contributed by atoms with Crippen LogP contribution in [-0.2, 0) is 4.79 Å². The van der Waals surface area contributed by atoms with Gasteiger partial charge in [-0.05, 0) is 13.3 Å². The van der Waals surface area contributed by atoms with E-state index in [2.05, 4.69) is 12.2 Å². The number of hydrogen-bond donors (Lipinski definition) is 3. The molecular formula is C9H19NO3. The summed E-state index contributed by atoms with van der Waals surface area (Å²) in [5.74, 6) is -0.207. The second-order valence-corrected chi connectivity index (χ2v) is 3.21. The van der Waals surface area contributed by atoms with E-state index < -0.39 is 12.3 Å². The summed E-state index contributed by atoms with van der Waals surface area (Å²) in [6, 6.07) is 0. The Labute approximate surface area is 79.0 Å². The first kappa shape index (κ1) is 12.4. The first-order valence-electron chi connectivity index (χ1n) is 4.73. The van der Waals surface area contributed by atoms with Gasteiger partial charge in [-0.2, -0.15) is 0 Å². The standard InChI is InChI=1S/C9H19NO3/c1-3-4-5-6-8(12)10-9(13)7(2)11/h7,9,11,13H,3-6H2,1-2H3,(H,10,12). The predicted molar refractivity (Wildman–Crippen MR) is 50.0 cm³/mol. The molecule has 0 saturated heterocycles. The number of rotatable bonds is 6. The number of carbonyl (C=O) groups excluding carboxylic acids is 1. The quantitative estimate of drug-likeness (QED) is 0.418. The van der Waals surface area contributed by atoms with Crippen LogP contribution in [-0.4, -0.2) is 28.5 Å². The molecule has 13 heavy (non-hydrogen) atoms. The van der Waals surface area contributed by atoms with Gasteiger partial charge in [0.2, 0.25) is 5.91 Å². The Bertz CT molecular complexity index is 148. The lowest BCUT2D eigenvalue weighted by atomic mass is 10.2. The molecule has 0 rings (SSSR count). The molecule has 1 amide bonds. The largest absolute Gasteiger partial charge is 0.389 e. The Balaban J connectivity index is 3.50. The van der Waals surface area contributed by atoms with E-state index in [1.165, 1.54) is 6.92 Å². The molecule has 2 unspecified atom stereocenters. The van der Waals surface area contributed by atoms with Crippen LogP contribution in [0.4, 0.5) is 0 Å². The number of aliphatic hydroxyl groups is 2. The molecule has 0 radical (unpaired) electrons. The van der Waals surface area contributed by atoms with Crippen molar-refractivity contribution >= 4 is 5.91 Å². The summed E-state index contributed by atoms with van der Waals surface area (Å²) in [6.07, 6.45) is 1.25. The monoisotopic (exact) mass is 189 g/mol. The van der Waals surface area contributed by atoms with Gasteiger partial charge in [0, 0.05) is 6.42 Å². The third-order valence-electron chi connectivity index (χ3n) is 1.77. The van der Waals surface area contributed by atoms with Gasteiger partial charge in [-0.25, -0.2) is 0 Å². The van der Waals surface area contributed by atoms with Crippen molar-refractivity contribution in [1.29, 1.82) is 0 Å². The van der Waals surface area contributed by atoms with Gasteiger partial charge in [0.15, 0.2) is 6.23 Å². The van der Waals surface area contributed by atoms with Gasteiger partial charge in [-0.1, -0.05) is 19.8 Å². The smallest absolute Gasteiger partial charge is 0.222 e. The van der Waals surface area contributed by atoms with E-state index in [9.17, 15) is 4.79 Å². The summed E-state index contributed by atoms with van der Waals surface area (Å²) in [7, 11) is 0. The van der Waals surface area contributed by atoms with Crippen LogP contribution in [0.3, 0.4) is 0 Å². The van der Waals surface area contributed by atoms with Crippen molar-refractivity contribution in [2.24, 2.45) is 0 Å². The van der Waals surface area contributed by atoms with Gasteiger partial charge in [0.1, 0.15) is 0 Å². The van der Waals surface area contributed by atoms with E-state index >= 15 is 0 Å². The summed E-state index contributed by atoms with van der Waals surface area (Å²) in [5, 5.41) is 20.3. The van der Waals surface area contributed by atoms with Crippen molar-refractivity contribution in [2.45, 2.75) is 51.9 Å². The van der Waals surface area contributed by atoms with Crippen LogP contribution in [0.5, 0.6) is 0 Å². The van der Waals surface area contributed by atoms with Gasteiger partial charge < -0.3 is 15.5 Å². The fourth-order valence-electron chi connectivity index (χ4n) is 0.893. The van der Waals surface area contributed by atoms with Crippen LogP contribution in [0.25, 0.3) is 0 Å². The maximum absolute atomic E-state index is 11.1. The van der Waals surface area contributed by atoms with Crippen LogP contribution < -0.4 is 5.32 Å². The molecule has 0 spiro atoms. The van der Waals surface area contributed by atoms with Crippen LogP contribution in [0.1, 0.15) is 39.5 Å². The van der Waals surface area contributed by atoms with E-state index in [0.29, 0.717) is 6.42 Å². The molecule has 0 fully saturated rings. The molecule has 0 aliphatic carbocycles. The lowest BCUT2D eigenvalue weighted by Gasteiger charge is -2.14. The number of unbranched alkanes of at least 4 members (excludes halogenated alkanes) is 2. The van der Waals surface area contributed by atoms with Crippen molar-refractivity contribution in [1.82, 2.24) is 5.32 Å². The zero-order valence-corrected chi connectivity index (χ0v) is 8.29. The molecule has 78 valence electrons. The molecule has 2 atom stereocenters. The van der Waals surface area contributed by atoms with Crippen molar-refractivity contribution in [2.75, 3.05) is 0 Å². The minimum Gasteiger partial charge on any atom is -0.389 e. The summed E-state index contributed by atoms with van der Waals surface area (Å²) in [5.41, 5.74) is 0. The number of aliphatic hydroxyl groups excluding tert-OH is 2. The molecular weight excluding hydrogens is 170 g/mol. The Kier molecular flexibility index (Phi) is 6.54. The third kappa shape index (κ3) is 6.54. The molecule has 0 aliphatic rings. The zero-order valence-electron chi connectivity index (χ0n) is 8.29. The highest BCUT2D eigenvalue weighted by molar-refractivity contribution is 5.76. The first-order valence-corrected chi connectivity index (χ1v) is 4.73. The normalized spacial score (nSPS) is 15.1. The van der Waals surface area contributed by atoms with Crippen LogP contribution in [0.2, 0.25) is 0 Å². The fraction of sp³-hybridized carbons (Fsp3) is 0.889. The zero-order chi connectivity index (χ0) is 10.3. The number of hydrogen-bond acceptors (Lipinski definition) is 3. The van der Waals surface area contributed by atoms with Gasteiger partial charge >= 0.3 is 0 Å². The highest BCUT2D eigenvalue weighted by Crippen LogP contribution is 1.99. The van der Waals surface area contributed by atoms with E-state index in [1.807, 2.05) is 0 Å². The average molecular weight is 189 g/mol. The van der Waals surface area contributed by atoms with Crippen LogP contribution in [0, 0.1) is 0 Å². The average Bonchev–Trinajstić information content (AvgIpc) is 2.04.